The minimum absolute atomic E-state index is 0.512. The fraction of sp³-hybridized carbons (Fsp3) is 0.176. The van der Waals surface area contributed by atoms with Gasteiger partial charge in [0.2, 0.25) is 0 Å². The summed E-state index contributed by atoms with van der Waals surface area (Å²) in [5.74, 6) is 0.834. The molecular weight excluding hydrogens is 348 g/mol. The van der Waals surface area contributed by atoms with Crippen LogP contribution in [0.15, 0.2) is 51.6 Å². The van der Waals surface area contributed by atoms with Gasteiger partial charge in [0.05, 0.1) is 13.2 Å². The SMILES string of the molecule is COc1ccc2cccc(CC(O)c3cscc3Br)c2c1. The Bertz CT molecular complexity index is 766. The summed E-state index contributed by atoms with van der Waals surface area (Å²) >= 11 is 5.07. The van der Waals surface area contributed by atoms with Gasteiger partial charge in [0.15, 0.2) is 0 Å². The summed E-state index contributed by atoms with van der Waals surface area (Å²) in [6, 6.07) is 12.2. The first-order valence-corrected chi connectivity index (χ1v) is 8.38. The lowest BCUT2D eigenvalue weighted by atomic mass is 9.97. The highest BCUT2D eigenvalue weighted by molar-refractivity contribution is 9.10. The van der Waals surface area contributed by atoms with Gasteiger partial charge in [-0.1, -0.05) is 24.3 Å². The fourth-order valence-corrected chi connectivity index (χ4v) is 4.08. The molecule has 0 radical (unpaired) electrons. The fourth-order valence-electron chi connectivity index (χ4n) is 2.47. The highest BCUT2D eigenvalue weighted by atomic mass is 79.9. The lowest BCUT2D eigenvalue weighted by molar-refractivity contribution is 0.178. The van der Waals surface area contributed by atoms with Gasteiger partial charge in [-0.15, -0.1) is 0 Å². The van der Waals surface area contributed by atoms with E-state index in [9.17, 15) is 5.11 Å². The number of benzene rings is 2. The Morgan fingerprint density at radius 1 is 1.24 bits per heavy atom. The van der Waals surface area contributed by atoms with E-state index < -0.39 is 6.10 Å². The Morgan fingerprint density at radius 3 is 2.81 bits per heavy atom. The molecule has 0 fully saturated rings. The number of aliphatic hydroxyl groups excluding tert-OH is 1. The highest BCUT2D eigenvalue weighted by Crippen LogP contribution is 2.32. The van der Waals surface area contributed by atoms with Crippen LogP contribution >= 0.6 is 27.3 Å². The van der Waals surface area contributed by atoms with Gasteiger partial charge in [0, 0.05) is 21.8 Å². The van der Waals surface area contributed by atoms with E-state index in [4.69, 9.17) is 4.74 Å². The first-order chi connectivity index (χ1) is 10.2. The summed E-state index contributed by atoms with van der Waals surface area (Å²) in [6.45, 7) is 0. The first kappa shape index (κ1) is 14.6. The number of hydrogen-bond donors (Lipinski definition) is 1. The molecule has 4 heteroatoms. The quantitative estimate of drug-likeness (QED) is 0.711. The molecule has 1 atom stereocenters. The average Bonchev–Trinajstić information content (AvgIpc) is 2.93. The van der Waals surface area contributed by atoms with Gasteiger partial charge in [-0.3, -0.25) is 0 Å². The van der Waals surface area contributed by atoms with Gasteiger partial charge in [-0.2, -0.15) is 11.3 Å². The predicted molar refractivity (Wildman–Crippen MR) is 91.2 cm³/mol. The molecule has 3 aromatic rings. The Balaban J connectivity index is 1.98. The Labute approximate surface area is 136 Å². The molecule has 0 spiro atoms. The largest absolute Gasteiger partial charge is 0.497 e. The maximum atomic E-state index is 10.5. The van der Waals surface area contributed by atoms with Crippen LogP contribution in [-0.4, -0.2) is 12.2 Å². The van der Waals surface area contributed by atoms with E-state index in [0.717, 1.165) is 32.1 Å². The van der Waals surface area contributed by atoms with Crippen LogP contribution in [-0.2, 0) is 6.42 Å². The molecule has 1 heterocycles. The van der Waals surface area contributed by atoms with Crippen LogP contribution in [0.3, 0.4) is 0 Å². The molecule has 1 unspecified atom stereocenters. The monoisotopic (exact) mass is 362 g/mol. The second kappa shape index (κ2) is 6.18. The Morgan fingerprint density at radius 2 is 2.10 bits per heavy atom. The topological polar surface area (TPSA) is 29.5 Å². The molecule has 0 saturated carbocycles. The van der Waals surface area contributed by atoms with Crippen molar-refractivity contribution >= 4 is 38.0 Å². The number of thiophene rings is 1. The molecule has 0 aliphatic carbocycles. The summed E-state index contributed by atoms with van der Waals surface area (Å²) in [5.41, 5.74) is 2.07. The molecule has 2 aromatic carbocycles. The van der Waals surface area contributed by atoms with Crippen molar-refractivity contribution in [1.29, 1.82) is 0 Å². The molecule has 3 rings (SSSR count). The van der Waals surface area contributed by atoms with E-state index in [1.54, 1.807) is 18.4 Å². The summed E-state index contributed by atoms with van der Waals surface area (Å²) in [7, 11) is 1.67. The van der Waals surface area contributed by atoms with Crippen molar-refractivity contribution in [3.63, 3.8) is 0 Å². The molecule has 1 aromatic heterocycles. The Kier molecular flexibility index (Phi) is 4.29. The van der Waals surface area contributed by atoms with Gasteiger partial charge in [-0.05, 0) is 49.8 Å². The van der Waals surface area contributed by atoms with Crippen LogP contribution in [0.25, 0.3) is 10.8 Å². The zero-order chi connectivity index (χ0) is 14.8. The number of aliphatic hydroxyl groups is 1. The standard InChI is InChI=1S/C17H15BrO2S/c1-20-13-6-5-11-3-2-4-12(14(11)8-13)7-17(19)15-9-21-10-16(15)18/h2-6,8-10,17,19H,7H2,1H3. The van der Waals surface area contributed by atoms with Crippen LogP contribution in [0, 0.1) is 0 Å². The van der Waals surface area contributed by atoms with E-state index in [-0.39, 0.29) is 0 Å². The molecule has 108 valence electrons. The predicted octanol–water partition coefficient (Wildman–Crippen LogP) is 4.95. The number of halogens is 1. The van der Waals surface area contributed by atoms with E-state index in [1.807, 2.05) is 35.0 Å². The van der Waals surface area contributed by atoms with Gasteiger partial charge in [-0.25, -0.2) is 0 Å². The average molecular weight is 363 g/mol. The van der Waals surface area contributed by atoms with E-state index in [0.29, 0.717) is 6.42 Å². The smallest absolute Gasteiger partial charge is 0.119 e. The van der Waals surface area contributed by atoms with E-state index >= 15 is 0 Å². The van der Waals surface area contributed by atoms with Gasteiger partial charge >= 0.3 is 0 Å². The molecular formula is C17H15BrO2S. The normalized spacial score (nSPS) is 12.5. The number of fused-ring (bicyclic) bond motifs is 1. The maximum absolute atomic E-state index is 10.5. The van der Waals surface area contributed by atoms with E-state index in [2.05, 4.69) is 28.1 Å². The lowest BCUT2D eigenvalue weighted by Crippen LogP contribution is -2.01. The summed E-state index contributed by atoms with van der Waals surface area (Å²) in [4.78, 5) is 0. The van der Waals surface area contributed by atoms with Crippen LogP contribution in [0.2, 0.25) is 0 Å². The third-order valence-electron chi connectivity index (χ3n) is 3.59. The second-order valence-corrected chi connectivity index (χ2v) is 6.50. The van der Waals surface area contributed by atoms with Gasteiger partial charge < -0.3 is 9.84 Å². The van der Waals surface area contributed by atoms with Crippen molar-refractivity contribution in [2.75, 3.05) is 7.11 Å². The van der Waals surface area contributed by atoms with Crippen molar-refractivity contribution in [3.8, 4) is 5.75 Å². The first-order valence-electron chi connectivity index (χ1n) is 6.64. The third kappa shape index (κ3) is 2.98. The highest BCUT2D eigenvalue weighted by Gasteiger charge is 2.14. The van der Waals surface area contributed by atoms with Crippen LogP contribution < -0.4 is 4.74 Å². The molecule has 0 aliphatic heterocycles. The summed E-state index contributed by atoms with van der Waals surface area (Å²) < 4.78 is 6.28. The van der Waals surface area contributed by atoms with Gasteiger partial charge in [0.1, 0.15) is 5.75 Å². The van der Waals surface area contributed by atoms with Crippen LogP contribution in [0.5, 0.6) is 5.75 Å². The van der Waals surface area contributed by atoms with Crippen molar-refractivity contribution in [2.24, 2.45) is 0 Å². The van der Waals surface area contributed by atoms with E-state index in [1.165, 1.54) is 0 Å². The Hall–Kier alpha value is -1.36. The second-order valence-electron chi connectivity index (χ2n) is 4.90. The minimum atomic E-state index is -0.512. The molecule has 21 heavy (non-hydrogen) atoms. The molecule has 0 aliphatic rings. The summed E-state index contributed by atoms with van der Waals surface area (Å²) in [5, 5.41) is 16.7. The van der Waals surface area contributed by atoms with Crippen molar-refractivity contribution in [2.45, 2.75) is 12.5 Å². The van der Waals surface area contributed by atoms with Crippen molar-refractivity contribution in [3.05, 3.63) is 62.8 Å². The number of methoxy groups -OCH3 is 1. The third-order valence-corrected chi connectivity index (χ3v) is 5.35. The number of rotatable bonds is 4. The molecule has 0 bridgehead atoms. The van der Waals surface area contributed by atoms with Crippen LogP contribution in [0.1, 0.15) is 17.2 Å². The van der Waals surface area contributed by atoms with Crippen LogP contribution in [0.4, 0.5) is 0 Å². The molecule has 2 nitrogen and oxygen atoms in total. The van der Waals surface area contributed by atoms with Gasteiger partial charge in [0.25, 0.3) is 0 Å². The number of hydrogen-bond acceptors (Lipinski definition) is 3. The van der Waals surface area contributed by atoms with Crippen molar-refractivity contribution < 1.29 is 9.84 Å². The summed E-state index contributed by atoms with van der Waals surface area (Å²) in [6.07, 6.45) is 0.0715. The zero-order valence-electron chi connectivity index (χ0n) is 11.5. The maximum Gasteiger partial charge on any atom is 0.119 e. The minimum Gasteiger partial charge on any atom is -0.497 e. The lowest BCUT2D eigenvalue weighted by Gasteiger charge is -2.13. The molecule has 1 N–H and O–H groups in total. The van der Waals surface area contributed by atoms with Crippen molar-refractivity contribution in [1.82, 2.24) is 0 Å². The molecule has 0 saturated heterocycles. The molecule has 0 amide bonds. The zero-order valence-corrected chi connectivity index (χ0v) is 13.9. The number of ether oxygens (including phenoxy) is 1.